The number of carboxylic acid groups (broad SMARTS) is 1. The quantitative estimate of drug-likeness (QED) is 0.269. The number of amidine groups is 1. The number of rotatable bonds is 7. The van der Waals surface area contributed by atoms with Crippen molar-refractivity contribution in [2.45, 2.75) is 20.5 Å². The number of ether oxygens (including phenoxy) is 2. The number of nitrogens with zero attached hydrogens (tertiary/aromatic N) is 1. The zero-order valence-corrected chi connectivity index (χ0v) is 24.1. The molecule has 1 heterocycles. The van der Waals surface area contributed by atoms with Crippen molar-refractivity contribution in [3.05, 3.63) is 90.2 Å². The number of carbonyl (C=O) groups is 2. The molecule has 3 aromatic rings. The van der Waals surface area contributed by atoms with Gasteiger partial charge in [-0.2, -0.15) is 0 Å². The summed E-state index contributed by atoms with van der Waals surface area (Å²) >= 11 is 8.36. The standard InChI is InChI=1S/C27H22Br2N2O5S/c1-14-8-19(9-15(2)23(14)29)30-27-31-25(32)22(37-27)12-17-10-20(28)24(21(11-17)35-3)36-13-16-4-6-18(7-5-16)26(33)34/h4-12H,13H2,1-3H3,(H,33,34)(H,30,31,32)/b22-12-. The second-order valence-corrected chi connectivity index (χ2v) is 10.9. The number of benzene rings is 3. The molecule has 0 saturated carbocycles. The summed E-state index contributed by atoms with van der Waals surface area (Å²) in [6.07, 6.45) is 1.77. The highest BCUT2D eigenvalue weighted by atomic mass is 79.9. The molecular weight excluding hydrogens is 624 g/mol. The van der Waals surface area contributed by atoms with Crippen LogP contribution in [0, 0.1) is 13.8 Å². The summed E-state index contributed by atoms with van der Waals surface area (Å²) in [6, 6.07) is 14.0. The van der Waals surface area contributed by atoms with Gasteiger partial charge in [0.05, 0.1) is 27.7 Å². The van der Waals surface area contributed by atoms with Crippen LogP contribution < -0.4 is 14.8 Å². The molecule has 0 aromatic heterocycles. The minimum atomic E-state index is -0.979. The fraction of sp³-hybridized carbons (Fsp3) is 0.148. The van der Waals surface area contributed by atoms with Gasteiger partial charge >= 0.3 is 5.97 Å². The first-order chi connectivity index (χ1) is 17.6. The van der Waals surface area contributed by atoms with Crippen molar-refractivity contribution in [2.24, 2.45) is 4.99 Å². The highest BCUT2D eigenvalue weighted by molar-refractivity contribution is 9.10. The Bertz CT molecular complexity index is 1430. The average molecular weight is 646 g/mol. The lowest BCUT2D eigenvalue weighted by atomic mass is 10.1. The van der Waals surface area contributed by atoms with E-state index in [0.29, 0.717) is 26.0 Å². The van der Waals surface area contributed by atoms with E-state index in [2.05, 4.69) is 42.2 Å². The van der Waals surface area contributed by atoms with Gasteiger partial charge in [0.25, 0.3) is 5.91 Å². The summed E-state index contributed by atoms with van der Waals surface area (Å²) < 4.78 is 13.2. The van der Waals surface area contributed by atoms with E-state index >= 15 is 0 Å². The summed E-state index contributed by atoms with van der Waals surface area (Å²) in [5, 5.41) is 12.4. The van der Waals surface area contributed by atoms with Gasteiger partial charge in [0.15, 0.2) is 16.7 Å². The Morgan fingerprint density at radius 1 is 1.11 bits per heavy atom. The van der Waals surface area contributed by atoms with Crippen molar-refractivity contribution in [3.8, 4) is 11.5 Å². The Hall–Kier alpha value is -3.08. The van der Waals surface area contributed by atoms with E-state index in [0.717, 1.165) is 32.4 Å². The van der Waals surface area contributed by atoms with Gasteiger partial charge in [-0.05, 0) is 106 Å². The van der Waals surface area contributed by atoms with Crippen molar-refractivity contribution < 1.29 is 24.2 Å². The topological polar surface area (TPSA) is 97.2 Å². The number of carboxylic acids is 1. The highest BCUT2D eigenvalue weighted by Crippen LogP contribution is 2.39. The summed E-state index contributed by atoms with van der Waals surface area (Å²) in [6.45, 7) is 4.22. The van der Waals surface area contributed by atoms with E-state index in [1.807, 2.05) is 32.0 Å². The molecule has 37 heavy (non-hydrogen) atoms. The Balaban J connectivity index is 1.52. The molecule has 1 amide bonds. The van der Waals surface area contributed by atoms with Crippen LogP contribution in [0.3, 0.4) is 0 Å². The van der Waals surface area contributed by atoms with Gasteiger partial charge in [-0.3, -0.25) is 4.79 Å². The largest absolute Gasteiger partial charge is 0.493 e. The number of aromatic carboxylic acids is 1. The van der Waals surface area contributed by atoms with E-state index in [4.69, 9.17) is 14.6 Å². The van der Waals surface area contributed by atoms with Gasteiger partial charge in [-0.15, -0.1) is 0 Å². The molecular formula is C27H22Br2N2O5S. The van der Waals surface area contributed by atoms with Crippen LogP contribution in [0.2, 0.25) is 0 Å². The monoisotopic (exact) mass is 644 g/mol. The molecule has 0 bridgehead atoms. The first-order valence-electron chi connectivity index (χ1n) is 11.0. The molecule has 1 aliphatic rings. The maximum absolute atomic E-state index is 12.6. The first kappa shape index (κ1) is 27.0. The SMILES string of the molecule is COc1cc(/C=C2\SC(=Nc3cc(C)c(Br)c(C)c3)NC2=O)cc(Br)c1OCc1ccc(C(=O)O)cc1. The number of aliphatic imine (C=N–C) groups is 1. The molecule has 0 unspecified atom stereocenters. The third-order valence-corrected chi connectivity index (χ3v) is 8.19. The third kappa shape index (κ3) is 6.44. The van der Waals surface area contributed by atoms with Crippen LogP contribution in [0.4, 0.5) is 5.69 Å². The van der Waals surface area contributed by atoms with Crippen molar-refractivity contribution in [3.63, 3.8) is 0 Å². The number of hydrogen-bond acceptors (Lipinski definition) is 6. The number of nitrogens with one attached hydrogen (secondary N) is 1. The lowest BCUT2D eigenvalue weighted by Gasteiger charge is -2.14. The lowest BCUT2D eigenvalue weighted by molar-refractivity contribution is -0.115. The van der Waals surface area contributed by atoms with E-state index < -0.39 is 5.97 Å². The Labute approximate surface area is 235 Å². The van der Waals surface area contributed by atoms with Gasteiger partial charge in [0.2, 0.25) is 0 Å². The third-order valence-electron chi connectivity index (χ3n) is 5.44. The predicted molar refractivity (Wildman–Crippen MR) is 153 cm³/mol. The molecule has 4 rings (SSSR count). The smallest absolute Gasteiger partial charge is 0.335 e. The lowest BCUT2D eigenvalue weighted by Crippen LogP contribution is -2.19. The molecule has 2 N–H and O–H groups in total. The number of aryl methyl sites for hydroxylation is 2. The molecule has 0 aliphatic carbocycles. The number of methoxy groups -OCH3 is 1. The minimum absolute atomic E-state index is 0.212. The van der Waals surface area contributed by atoms with Crippen molar-refractivity contribution in [1.29, 1.82) is 0 Å². The van der Waals surface area contributed by atoms with Crippen molar-refractivity contribution in [1.82, 2.24) is 5.32 Å². The molecule has 10 heteroatoms. The van der Waals surface area contributed by atoms with E-state index in [-0.39, 0.29) is 18.1 Å². The number of thioether (sulfide) groups is 1. The molecule has 190 valence electrons. The molecule has 3 aromatic carbocycles. The molecule has 7 nitrogen and oxygen atoms in total. The highest BCUT2D eigenvalue weighted by Gasteiger charge is 2.24. The van der Waals surface area contributed by atoms with E-state index in [1.54, 1.807) is 24.3 Å². The molecule has 0 radical (unpaired) electrons. The van der Waals surface area contributed by atoms with Crippen LogP contribution in [-0.2, 0) is 11.4 Å². The molecule has 1 fully saturated rings. The summed E-state index contributed by atoms with van der Waals surface area (Å²) in [4.78, 5) is 28.7. The van der Waals surface area contributed by atoms with E-state index in [9.17, 15) is 9.59 Å². The Morgan fingerprint density at radius 2 is 1.78 bits per heavy atom. The first-order valence-corrected chi connectivity index (χ1v) is 13.4. The zero-order valence-electron chi connectivity index (χ0n) is 20.1. The summed E-state index contributed by atoms with van der Waals surface area (Å²) in [5.41, 5.74) is 4.68. The van der Waals surface area contributed by atoms with Gasteiger partial charge in [-0.25, -0.2) is 9.79 Å². The van der Waals surface area contributed by atoms with Gasteiger partial charge in [0, 0.05) is 4.47 Å². The maximum atomic E-state index is 12.6. The Morgan fingerprint density at radius 3 is 2.41 bits per heavy atom. The second-order valence-electron chi connectivity index (χ2n) is 8.20. The van der Waals surface area contributed by atoms with Crippen molar-refractivity contribution >= 4 is 72.4 Å². The molecule has 0 atom stereocenters. The molecule has 1 aliphatic heterocycles. The fourth-order valence-electron chi connectivity index (χ4n) is 3.60. The van der Waals surface area contributed by atoms with Crippen molar-refractivity contribution in [2.75, 3.05) is 7.11 Å². The number of halogens is 2. The van der Waals surface area contributed by atoms with Gasteiger partial charge in [0.1, 0.15) is 6.61 Å². The van der Waals surface area contributed by atoms with E-state index in [1.165, 1.54) is 31.0 Å². The van der Waals surface area contributed by atoms with Crippen LogP contribution in [0.25, 0.3) is 6.08 Å². The normalized spacial score (nSPS) is 15.2. The van der Waals surface area contributed by atoms with Gasteiger partial charge < -0.3 is 19.9 Å². The maximum Gasteiger partial charge on any atom is 0.335 e. The number of hydrogen-bond donors (Lipinski definition) is 2. The number of amides is 1. The zero-order chi connectivity index (χ0) is 26.7. The summed E-state index contributed by atoms with van der Waals surface area (Å²) in [7, 11) is 1.54. The minimum Gasteiger partial charge on any atom is -0.493 e. The van der Waals surface area contributed by atoms with Crippen LogP contribution in [0.5, 0.6) is 11.5 Å². The van der Waals surface area contributed by atoms with Crippen LogP contribution in [-0.4, -0.2) is 29.3 Å². The predicted octanol–water partition coefficient (Wildman–Crippen LogP) is 7.01. The van der Waals surface area contributed by atoms with Crippen LogP contribution in [0.15, 0.2) is 67.4 Å². The fourth-order valence-corrected chi connectivity index (χ4v) is 5.24. The van der Waals surface area contributed by atoms with Crippen LogP contribution >= 0.6 is 43.6 Å². The summed E-state index contributed by atoms with van der Waals surface area (Å²) in [5.74, 6) is -0.220. The molecule has 1 saturated heterocycles. The molecule has 0 spiro atoms. The second kappa shape index (κ2) is 11.5. The number of carbonyl (C=O) groups excluding carboxylic acids is 1. The average Bonchev–Trinajstić information content (AvgIpc) is 3.19. The Kier molecular flexibility index (Phi) is 8.41. The van der Waals surface area contributed by atoms with Gasteiger partial charge in [-0.1, -0.05) is 28.1 Å². The van der Waals surface area contributed by atoms with Crippen LogP contribution in [0.1, 0.15) is 32.6 Å².